The highest BCUT2D eigenvalue weighted by Gasteiger charge is 2.23. The highest BCUT2D eigenvalue weighted by atomic mass is 19.1. The number of hydrogen-bond donors (Lipinski definition) is 1. The predicted molar refractivity (Wildman–Crippen MR) is 51.7 cm³/mol. The zero-order chi connectivity index (χ0) is 10.3. The third-order valence-corrected chi connectivity index (χ3v) is 2.55. The second-order valence-electron chi connectivity index (χ2n) is 3.87. The fraction of sp³-hybridized carbons (Fsp3) is 0.364. The van der Waals surface area contributed by atoms with Gasteiger partial charge in [0.25, 0.3) is 5.91 Å². The lowest BCUT2D eigenvalue weighted by molar-refractivity contribution is 0.0965. The van der Waals surface area contributed by atoms with Crippen LogP contribution >= 0.6 is 0 Å². The minimum absolute atomic E-state index is 0.165. The van der Waals surface area contributed by atoms with E-state index in [1.54, 1.807) is 6.07 Å². The fourth-order valence-electron chi connectivity index (χ4n) is 1.64. The Labute approximate surface area is 82.1 Å². The zero-order valence-electron chi connectivity index (χ0n) is 8.23. The van der Waals surface area contributed by atoms with Crippen molar-refractivity contribution in [2.24, 2.45) is 0 Å². The molecule has 14 heavy (non-hydrogen) atoms. The summed E-state index contributed by atoms with van der Waals surface area (Å²) in [5, 5.41) is 2.61. The summed E-state index contributed by atoms with van der Waals surface area (Å²) in [5.74, 6) is -0.200. The van der Waals surface area contributed by atoms with Crippen molar-refractivity contribution in [2.45, 2.75) is 26.3 Å². The van der Waals surface area contributed by atoms with E-state index in [-0.39, 0.29) is 17.6 Å². The van der Waals surface area contributed by atoms with Crippen LogP contribution in [0.25, 0.3) is 0 Å². The van der Waals surface area contributed by atoms with Crippen molar-refractivity contribution in [3.05, 3.63) is 34.6 Å². The molecule has 0 aromatic heterocycles. The Morgan fingerprint density at radius 1 is 1.43 bits per heavy atom. The van der Waals surface area contributed by atoms with Crippen molar-refractivity contribution in [2.75, 3.05) is 0 Å². The summed E-state index contributed by atoms with van der Waals surface area (Å²) in [5.41, 5.74) is 1.87. The number of hydrogen-bond acceptors (Lipinski definition) is 1. The minimum Gasteiger partial charge on any atom is -0.348 e. The molecule has 74 valence electrons. The standard InChI is InChI=1S/C11H12FNO/c1-6(2)7-3-8-9(10(12)4-7)5-13-11(8)14/h3-4,6H,5H2,1-2H3,(H,13,14). The van der Waals surface area contributed by atoms with Crippen LogP contribution in [-0.2, 0) is 6.54 Å². The third kappa shape index (κ3) is 1.29. The van der Waals surface area contributed by atoms with E-state index in [0.29, 0.717) is 17.7 Å². The van der Waals surface area contributed by atoms with Crippen LogP contribution in [0.3, 0.4) is 0 Å². The number of halogens is 1. The Morgan fingerprint density at radius 3 is 2.79 bits per heavy atom. The normalized spacial score (nSPS) is 14.4. The van der Waals surface area contributed by atoms with Crippen molar-refractivity contribution in [1.29, 1.82) is 0 Å². The van der Waals surface area contributed by atoms with E-state index in [4.69, 9.17) is 0 Å². The van der Waals surface area contributed by atoms with Crippen LogP contribution in [0, 0.1) is 5.82 Å². The van der Waals surface area contributed by atoms with Gasteiger partial charge < -0.3 is 5.32 Å². The third-order valence-electron chi connectivity index (χ3n) is 2.55. The number of rotatable bonds is 1. The van der Waals surface area contributed by atoms with E-state index in [0.717, 1.165) is 5.56 Å². The second-order valence-corrected chi connectivity index (χ2v) is 3.87. The average molecular weight is 193 g/mol. The van der Waals surface area contributed by atoms with Crippen LogP contribution in [0.15, 0.2) is 12.1 Å². The van der Waals surface area contributed by atoms with Crippen LogP contribution in [-0.4, -0.2) is 5.91 Å². The van der Waals surface area contributed by atoms with E-state index in [1.807, 2.05) is 13.8 Å². The van der Waals surface area contributed by atoms with Crippen LogP contribution < -0.4 is 5.32 Å². The molecule has 2 nitrogen and oxygen atoms in total. The van der Waals surface area contributed by atoms with Gasteiger partial charge in [-0.15, -0.1) is 0 Å². The van der Waals surface area contributed by atoms with Crippen LogP contribution in [0.4, 0.5) is 4.39 Å². The molecular weight excluding hydrogens is 181 g/mol. The molecule has 1 heterocycles. The first-order chi connectivity index (χ1) is 6.59. The van der Waals surface area contributed by atoms with E-state index in [9.17, 15) is 9.18 Å². The van der Waals surface area contributed by atoms with Gasteiger partial charge in [-0.1, -0.05) is 13.8 Å². The molecule has 0 saturated heterocycles. The highest BCUT2D eigenvalue weighted by molar-refractivity contribution is 5.98. The number of carbonyl (C=O) groups excluding carboxylic acids is 1. The largest absolute Gasteiger partial charge is 0.348 e. The molecular formula is C11H12FNO. The molecule has 3 heteroatoms. The maximum Gasteiger partial charge on any atom is 0.252 e. The summed E-state index contributed by atoms with van der Waals surface area (Å²) < 4.78 is 13.5. The number of carbonyl (C=O) groups is 1. The Bertz CT molecular complexity index is 399. The Morgan fingerprint density at radius 2 is 2.14 bits per heavy atom. The van der Waals surface area contributed by atoms with Gasteiger partial charge in [0, 0.05) is 17.7 Å². The summed E-state index contributed by atoms with van der Waals surface area (Å²) >= 11 is 0. The van der Waals surface area contributed by atoms with Gasteiger partial charge >= 0.3 is 0 Å². The summed E-state index contributed by atoms with van der Waals surface area (Å²) in [7, 11) is 0. The van der Waals surface area contributed by atoms with E-state index < -0.39 is 0 Å². The molecule has 1 aromatic rings. The van der Waals surface area contributed by atoms with Crippen molar-refractivity contribution >= 4 is 5.91 Å². The van der Waals surface area contributed by atoms with Crippen molar-refractivity contribution < 1.29 is 9.18 Å². The van der Waals surface area contributed by atoms with Crippen LogP contribution in [0.5, 0.6) is 0 Å². The molecule has 0 unspecified atom stereocenters. The molecule has 1 aromatic carbocycles. The Balaban J connectivity index is 2.58. The molecule has 0 saturated carbocycles. The molecule has 2 rings (SSSR count). The first-order valence-corrected chi connectivity index (χ1v) is 4.70. The summed E-state index contributed by atoms with van der Waals surface area (Å²) in [6.45, 7) is 4.28. The van der Waals surface area contributed by atoms with E-state index in [2.05, 4.69) is 5.32 Å². The van der Waals surface area contributed by atoms with Crippen molar-refractivity contribution in [3.8, 4) is 0 Å². The maximum atomic E-state index is 13.5. The highest BCUT2D eigenvalue weighted by Crippen LogP contribution is 2.24. The maximum absolute atomic E-state index is 13.5. The van der Waals surface area contributed by atoms with Gasteiger partial charge in [-0.25, -0.2) is 4.39 Å². The van der Waals surface area contributed by atoms with E-state index >= 15 is 0 Å². The van der Waals surface area contributed by atoms with E-state index in [1.165, 1.54) is 6.07 Å². The molecule has 0 atom stereocenters. The summed E-state index contributed by atoms with van der Waals surface area (Å²) in [6.07, 6.45) is 0. The molecule has 1 N–H and O–H groups in total. The number of fused-ring (bicyclic) bond motifs is 1. The van der Waals surface area contributed by atoms with Crippen molar-refractivity contribution in [3.63, 3.8) is 0 Å². The van der Waals surface area contributed by atoms with Gasteiger partial charge in [-0.05, 0) is 23.6 Å². The quantitative estimate of drug-likeness (QED) is 0.727. The van der Waals surface area contributed by atoms with Gasteiger partial charge in [-0.2, -0.15) is 0 Å². The topological polar surface area (TPSA) is 29.1 Å². The predicted octanol–water partition coefficient (Wildman–Crippen LogP) is 2.19. The molecule has 1 aliphatic rings. The second kappa shape index (κ2) is 3.08. The van der Waals surface area contributed by atoms with Crippen LogP contribution in [0.2, 0.25) is 0 Å². The number of benzene rings is 1. The van der Waals surface area contributed by atoms with Gasteiger partial charge in [-0.3, -0.25) is 4.79 Å². The van der Waals surface area contributed by atoms with Gasteiger partial charge in [0.05, 0.1) is 0 Å². The monoisotopic (exact) mass is 193 g/mol. The lowest BCUT2D eigenvalue weighted by atomic mass is 9.98. The van der Waals surface area contributed by atoms with Gasteiger partial charge in [0.1, 0.15) is 5.82 Å². The summed E-state index contributed by atoms with van der Waals surface area (Å²) in [4.78, 5) is 11.3. The summed E-state index contributed by atoms with van der Waals surface area (Å²) in [6, 6.07) is 3.30. The minimum atomic E-state index is -0.274. The average Bonchev–Trinajstić information content (AvgIpc) is 2.48. The molecule has 1 aliphatic heterocycles. The van der Waals surface area contributed by atoms with Gasteiger partial charge in [0.2, 0.25) is 0 Å². The Hall–Kier alpha value is -1.38. The SMILES string of the molecule is CC(C)c1cc(F)c2c(c1)C(=O)NC2. The number of amides is 1. The number of nitrogens with one attached hydrogen (secondary N) is 1. The smallest absolute Gasteiger partial charge is 0.252 e. The van der Waals surface area contributed by atoms with Crippen molar-refractivity contribution in [1.82, 2.24) is 5.32 Å². The molecule has 0 fully saturated rings. The first kappa shape index (κ1) is 9.19. The molecule has 0 bridgehead atoms. The van der Waals surface area contributed by atoms with Gasteiger partial charge in [0.15, 0.2) is 0 Å². The molecule has 1 amide bonds. The molecule has 0 radical (unpaired) electrons. The van der Waals surface area contributed by atoms with Crippen LogP contribution in [0.1, 0.15) is 41.3 Å². The fourth-order valence-corrected chi connectivity index (χ4v) is 1.64. The first-order valence-electron chi connectivity index (χ1n) is 4.70. The zero-order valence-corrected chi connectivity index (χ0v) is 8.23. The lowest BCUT2D eigenvalue weighted by Gasteiger charge is -2.07. The Kier molecular flexibility index (Phi) is 2.02. The lowest BCUT2D eigenvalue weighted by Crippen LogP contribution is -2.12. The molecule has 0 aliphatic carbocycles. The molecule has 0 spiro atoms.